The van der Waals surface area contributed by atoms with Crippen LogP contribution in [0.2, 0.25) is 5.02 Å². The maximum Gasteiger partial charge on any atom is 0.338 e. The number of ether oxygens (including phenoxy) is 1. The van der Waals surface area contributed by atoms with E-state index in [4.69, 9.17) is 16.3 Å². The van der Waals surface area contributed by atoms with E-state index in [0.29, 0.717) is 23.0 Å². The third-order valence-electron chi connectivity index (χ3n) is 4.23. The van der Waals surface area contributed by atoms with Crippen molar-refractivity contribution in [3.05, 3.63) is 77.7 Å². The Morgan fingerprint density at radius 1 is 0.963 bits per heavy atom. The summed E-state index contributed by atoms with van der Waals surface area (Å²) in [4.78, 5) is 20.6. The molecule has 5 nitrogen and oxygen atoms in total. The fraction of sp³-hybridized carbons (Fsp3) is 0.0952. The normalized spacial score (nSPS) is 10.9. The van der Waals surface area contributed by atoms with Crippen LogP contribution in [0.15, 0.2) is 67.1 Å². The number of nitrogens with zero attached hydrogens (tertiary/aromatic N) is 3. The second-order valence-electron chi connectivity index (χ2n) is 5.96. The molecule has 0 fully saturated rings. The van der Waals surface area contributed by atoms with Crippen LogP contribution in [0.1, 0.15) is 17.3 Å². The number of hydrogen-bond acceptors (Lipinski definition) is 4. The number of halogens is 1. The summed E-state index contributed by atoms with van der Waals surface area (Å²) in [5, 5.41) is 0.688. The number of fused-ring (bicyclic) bond motifs is 1. The van der Waals surface area contributed by atoms with Gasteiger partial charge in [-0.25, -0.2) is 14.8 Å². The van der Waals surface area contributed by atoms with E-state index in [0.717, 1.165) is 22.4 Å². The molecule has 0 bridgehead atoms. The first kappa shape index (κ1) is 17.2. The Morgan fingerprint density at radius 2 is 1.63 bits per heavy atom. The minimum absolute atomic E-state index is 0.322. The van der Waals surface area contributed by atoms with E-state index < -0.39 is 0 Å². The Balaban J connectivity index is 1.72. The summed E-state index contributed by atoms with van der Waals surface area (Å²) in [7, 11) is 0. The van der Waals surface area contributed by atoms with Gasteiger partial charge in [0.1, 0.15) is 0 Å². The largest absolute Gasteiger partial charge is 0.462 e. The van der Waals surface area contributed by atoms with Gasteiger partial charge in [-0.15, -0.1) is 0 Å². The topological polar surface area (TPSA) is 56.5 Å². The Morgan fingerprint density at radius 3 is 2.33 bits per heavy atom. The highest BCUT2D eigenvalue weighted by atomic mass is 35.5. The van der Waals surface area contributed by atoms with Gasteiger partial charge in [-0.2, -0.15) is 0 Å². The summed E-state index contributed by atoms with van der Waals surface area (Å²) in [6, 6.07) is 14.9. The van der Waals surface area contributed by atoms with Crippen LogP contribution in [0, 0.1) is 0 Å². The molecule has 2 aromatic heterocycles. The summed E-state index contributed by atoms with van der Waals surface area (Å²) in [5.41, 5.74) is 4.33. The first-order valence-electron chi connectivity index (χ1n) is 8.52. The minimum Gasteiger partial charge on any atom is -0.462 e. The Kier molecular flexibility index (Phi) is 4.60. The van der Waals surface area contributed by atoms with Crippen LogP contribution >= 0.6 is 11.6 Å². The number of esters is 1. The molecule has 0 aliphatic carbocycles. The molecule has 134 valence electrons. The van der Waals surface area contributed by atoms with Gasteiger partial charge in [0.25, 0.3) is 0 Å². The second kappa shape index (κ2) is 7.21. The number of carbonyl (C=O) groups excluding carboxylic acids is 1. The first-order valence-corrected chi connectivity index (χ1v) is 8.90. The molecule has 4 aromatic rings. The molecule has 0 saturated heterocycles. The molecule has 0 atom stereocenters. The van der Waals surface area contributed by atoms with Crippen LogP contribution < -0.4 is 0 Å². The van der Waals surface area contributed by atoms with Gasteiger partial charge in [0.05, 0.1) is 24.1 Å². The van der Waals surface area contributed by atoms with Crippen LogP contribution in [-0.4, -0.2) is 26.9 Å². The number of rotatable bonds is 4. The van der Waals surface area contributed by atoms with Gasteiger partial charge in [0.15, 0.2) is 0 Å². The van der Waals surface area contributed by atoms with E-state index in [-0.39, 0.29) is 5.97 Å². The standard InChI is InChI=1S/C21H16ClN3O2/c1-2-27-20(26)16-5-3-14(4-6-16)17-11-23-21-24-12-19(25(21)13-17)15-7-9-18(22)10-8-15/h3-13H,2H2,1H3. The lowest BCUT2D eigenvalue weighted by molar-refractivity contribution is 0.0526. The molecule has 0 aliphatic rings. The molecule has 6 heteroatoms. The van der Waals surface area contributed by atoms with Gasteiger partial charge < -0.3 is 4.74 Å². The summed E-state index contributed by atoms with van der Waals surface area (Å²) in [6.07, 6.45) is 5.55. The molecular formula is C21H16ClN3O2. The lowest BCUT2D eigenvalue weighted by Gasteiger charge is -2.07. The summed E-state index contributed by atoms with van der Waals surface area (Å²) in [5.74, 6) is 0.295. The predicted molar refractivity (Wildman–Crippen MR) is 105 cm³/mol. The van der Waals surface area contributed by atoms with Gasteiger partial charge in [0.2, 0.25) is 5.78 Å². The molecule has 0 unspecified atom stereocenters. The van der Waals surface area contributed by atoms with Crippen molar-refractivity contribution in [2.24, 2.45) is 0 Å². The van der Waals surface area contributed by atoms with E-state index in [2.05, 4.69) is 9.97 Å². The molecule has 2 aromatic carbocycles. The zero-order valence-corrected chi connectivity index (χ0v) is 15.3. The third kappa shape index (κ3) is 3.41. The van der Waals surface area contributed by atoms with Crippen LogP contribution in [-0.2, 0) is 4.74 Å². The number of imidazole rings is 1. The number of benzene rings is 2. The van der Waals surface area contributed by atoms with Gasteiger partial charge >= 0.3 is 5.97 Å². The maximum atomic E-state index is 11.8. The van der Waals surface area contributed by atoms with Crippen molar-refractivity contribution in [3.8, 4) is 22.4 Å². The van der Waals surface area contributed by atoms with E-state index in [1.165, 1.54) is 0 Å². The fourth-order valence-electron chi connectivity index (χ4n) is 2.87. The fourth-order valence-corrected chi connectivity index (χ4v) is 3.00. The van der Waals surface area contributed by atoms with Crippen molar-refractivity contribution in [3.63, 3.8) is 0 Å². The van der Waals surface area contributed by atoms with Crippen molar-refractivity contribution in [2.75, 3.05) is 6.61 Å². The lowest BCUT2D eigenvalue weighted by Crippen LogP contribution is -2.04. The van der Waals surface area contributed by atoms with Gasteiger partial charge in [0, 0.05) is 28.5 Å². The molecule has 0 saturated carbocycles. The van der Waals surface area contributed by atoms with Crippen molar-refractivity contribution in [1.29, 1.82) is 0 Å². The Labute approximate surface area is 161 Å². The quantitative estimate of drug-likeness (QED) is 0.475. The highest BCUT2D eigenvalue weighted by Gasteiger charge is 2.10. The molecule has 0 amide bonds. The highest BCUT2D eigenvalue weighted by Crippen LogP contribution is 2.25. The van der Waals surface area contributed by atoms with Crippen molar-refractivity contribution in [1.82, 2.24) is 14.4 Å². The van der Waals surface area contributed by atoms with Crippen LogP contribution in [0.25, 0.3) is 28.2 Å². The SMILES string of the molecule is CCOC(=O)c1ccc(-c2cnc3ncc(-c4ccc(Cl)cc4)n3c2)cc1. The Hall–Kier alpha value is -3.18. The number of carbonyl (C=O) groups is 1. The zero-order valence-electron chi connectivity index (χ0n) is 14.6. The lowest BCUT2D eigenvalue weighted by atomic mass is 10.1. The molecular weight excluding hydrogens is 362 g/mol. The van der Waals surface area contributed by atoms with Gasteiger partial charge in [-0.05, 0) is 36.8 Å². The predicted octanol–water partition coefficient (Wildman–Crippen LogP) is 4.89. The van der Waals surface area contributed by atoms with Crippen molar-refractivity contribution in [2.45, 2.75) is 6.92 Å². The third-order valence-corrected chi connectivity index (χ3v) is 4.49. The molecule has 0 N–H and O–H groups in total. The summed E-state index contributed by atoms with van der Waals surface area (Å²) >= 11 is 5.98. The molecule has 0 radical (unpaired) electrons. The number of aromatic nitrogens is 3. The highest BCUT2D eigenvalue weighted by molar-refractivity contribution is 6.30. The summed E-state index contributed by atoms with van der Waals surface area (Å²) < 4.78 is 6.96. The smallest absolute Gasteiger partial charge is 0.338 e. The Bertz CT molecular complexity index is 1100. The molecule has 0 spiro atoms. The van der Waals surface area contributed by atoms with Gasteiger partial charge in [-0.1, -0.05) is 35.9 Å². The van der Waals surface area contributed by atoms with Crippen molar-refractivity contribution >= 4 is 23.3 Å². The van der Waals surface area contributed by atoms with Crippen LogP contribution in [0.3, 0.4) is 0 Å². The molecule has 2 heterocycles. The van der Waals surface area contributed by atoms with E-state index in [1.807, 2.05) is 47.0 Å². The van der Waals surface area contributed by atoms with E-state index in [1.54, 1.807) is 31.5 Å². The monoisotopic (exact) mass is 377 g/mol. The van der Waals surface area contributed by atoms with E-state index in [9.17, 15) is 4.79 Å². The van der Waals surface area contributed by atoms with Crippen molar-refractivity contribution < 1.29 is 9.53 Å². The second-order valence-corrected chi connectivity index (χ2v) is 6.40. The minimum atomic E-state index is -0.322. The van der Waals surface area contributed by atoms with Crippen LogP contribution in [0.4, 0.5) is 0 Å². The molecule has 0 aliphatic heterocycles. The van der Waals surface area contributed by atoms with Gasteiger partial charge in [-0.3, -0.25) is 4.40 Å². The van der Waals surface area contributed by atoms with Crippen LogP contribution in [0.5, 0.6) is 0 Å². The molecule has 27 heavy (non-hydrogen) atoms. The maximum absolute atomic E-state index is 11.8. The number of hydrogen-bond donors (Lipinski definition) is 0. The average Bonchev–Trinajstić information content (AvgIpc) is 3.12. The first-order chi connectivity index (χ1) is 13.2. The van der Waals surface area contributed by atoms with E-state index >= 15 is 0 Å². The average molecular weight is 378 g/mol. The summed E-state index contributed by atoms with van der Waals surface area (Å²) in [6.45, 7) is 2.14. The zero-order chi connectivity index (χ0) is 18.8. The molecule has 4 rings (SSSR count).